The molecule has 1 aliphatic carbocycles. The molecule has 0 amide bonds. The van der Waals surface area contributed by atoms with Crippen molar-refractivity contribution in [2.75, 3.05) is 0 Å². The number of H-pyrrole nitrogens is 1. The van der Waals surface area contributed by atoms with Crippen molar-refractivity contribution in [2.24, 2.45) is 0 Å². The number of furan rings is 1. The summed E-state index contributed by atoms with van der Waals surface area (Å²) in [7, 11) is 0. The number of hydrogen-bond acceptors (Lipinski definition) is 5. The summed E-state index contributed by atoms with van der Waals surface area (Å²) >= 11 is 7.42. The molecule has 3 heterocycles. The number of halogens is 1. The molecule has 5 nitrogen and oxygen atoms in total. The molecule has 7 heteroatoms. The van der Waals surface area contributed by atoms with Gasteiger partial charge < -0.3 is 9.40 Å². The average Bonchev–Trinajstić information content (AvgIpc) is 3.38. The summed E-state index contributed by atoms with van der Waals surface area (Å²) in [5.41, 5.74) is 3.16. The van der Waals surface area contributed by atoms with Gasteiger partial charge in [0.2, 0.25) is 0 Å². The molecule has 1 aliphatic rings. The molecule has 5 rings (SSSR count). The first-order valence-electron chi connectivity index (χ1n) is 9.56. The lowest BCUT2D eigenvalue weighted by molar-refractivity contribution is 0.0959. The molecule has 1 aromatic carbocycles. The Morgan fingerprint density at radius 3 is 2.67 bits per heavy atom. The van der Waals surface area contributed by atoms with Crippen molar-refractivity contribution >= 4 is 28.7 Å². The Balaban J connectivity index is 1.54. The molecular formula is C23H17ClN2O3S. The van der Waals surface area contributed by atoms with E-state index in [1.807, 2.05) is 43.3 Å². The average molecular weight is 437 g/mol. The molecule has 0 fully saturated rings. The molecule has 0 bridgehead atoms. The number of fused-ring (bicyclic) bond motifs is 1. The third-order valence-electron chi connectivity index (χ3n) is 5.40. The second-order valence-corrected chi connectivity index (χ2v) is 9.02. The van der Waals surface area contributed by atoms with Gasteiger partial charge in [0.25, 0.3) is 5.56 Å². The lowest BCUT2D eigenvalue weighted by Gasteiger charge is -2.22. The summed E-state index contributed by atoms with van der Waals surface area (Å²) in [6.07, 6.45) is 2.53. The van der Waals surface area contributed by atoms with E-state index in [1.165, 1.54) is 11.3 Å². The van der Waals surface area contributed by atoms with E-state index in [9.17, 15) is 9.59 Å². The molecule has 0 radical (unpaired) electrons. The molecule has 4 aromatic rings. The highest BCUT2D eigenvalue weighted by Gasteiger charge is 2.30. The van der Waals surface area contributed by atoms with E-state index in [2.05, 4.69) is 4.98 Å². The van der Waals surface area contributed by atoms with E-state index in [0.717, 1.165) is 21.9 Å². The van der Waals surface area contributed by atoms with Gasteiger partial charge in [-0.3, -0.25) is 9.59 Å². The second kappa shape index (κ2) is 7.38. The Morgan fingerprint density at radius 2 is 1.93 bits per heavy atom. The van der Waals surface area contributed by atoms with Gasteiger partial charge in [-0.1, -0.05) is 23.7 Å². The van der Waals surface area contributed by atoms with Gasteiger partial charge in [0.1, 0.15) is 10.8 Å². The number of aromatic nitrogens is 2. The van der Waals surface area contributed by atoms with Crippen molar-refractivity contribution < 1.29 is 9.21 Å². The predicted molar refractivity (Wildman–Crippen MR) is 117 cm³/mol. The molecule has 1 N–H and O–H groups in total. The predicted octanol–water partition coefficient (Wildman–Crippen LogP) is 5.63. The topological polar surface area (TPSA) is 76.0 Å². The number of rotatable bonds is 3. The van der Waals surface area contributed by atoms with Crippen LogP contribution in [0.25, 0.3) is 21.8 Å². The summed E-state index contributed by atoms with van der Waals surface area (Å²) in [6, 6.07) is 12.8. The highest BCUT2D eigenvalue weighted by Crippen LogP contribution is 2.35. The van der Waals surface area contributed by atoms with Gasteiger partial charge in [-0.15, -0.1) is 11.3 Å². The van der Waals surface area contributed by atoms with E-state index in [0.29, 0.717) is 39.7 Å². The summed E-state index contributed by atoms with van der Waals surface area (Å²) < 4.78 is 5.46. The van der Waals surface area contributed by atoms with Crippen molar-refractivity contribution in [3.05, 3.63) is 86.0 Å². The van der Waals surface area contributed by atoms with Crippen molar-refractivity contribution in [3.8, 4) is 21.8 Å². The van der Waals surface area contributed by atoms with Gasteiger partial charge in [0, 0.05) is 39.1 Å². The molecule has 0 spiro atoms. The number of nitrogens with zero attached hydrogens (tertiary/aromatic N) is 1. The van der Waals surface area contributed by atoms with E-state index in [4.69, 9.17) is 21.0 Å². The number of carbonyl (C=O) groups is 1. The number of hydrogen-bond donors (Lipinski definition) is 1. The zero-order valence-corrected chi connectivity index (χ0v) is 17.6. The Hall–Kier alpha value is -2.96. The summed E-state index contributed by atoms with van der Waals surface area (Å²) in [6.45, 7) is 1.97. The first kappa shape index (κ1) is 19.0. The Morgan fingerprint density at radius 1 is 1.13 bits per heavy atom. The zero-order chi connectivity index (χ0) is 20.8. The number of aryl methyl sites for hydroxylation is 1. The Kier molecular flexibility index (Phi) is 4.68. The zero-order valence-electron chi connectivity index (χ0n) is 16.1. The maximum Gasteiger partial charge on any atom is 0.258 e. The third kappa shape index (κ3) is 3.32. The number of thiazole rings is 1. The van der Waals surface area contributed by atoms with Gasteiger partial charge in [0.05, 0.1) is 17.5 Å². The van der Waals surface area contributed by atoms with E-state index >= 15 is 0 Å². The molecule has 1 unspecified atom stereocenters. The van der Waals surface area contributed by atoms with Crippen LogP contribution in [-0.2, 0) is 6.42 Å². The van der Waals surface area contributed by atoms with Crippen LogP contribution in [0, 0.1) is 6.92 Å². The number of Topliss-reactive ketones (excluding diaryl/α,β-unsaturated/α-hetero) is 1. The van der Waals surface area contributed by atoms with Crippen molar-refractivity contribution in [3.63, 3.8) is 0 Å². The van der Waals surface area contributed by atoms with Gasteiger partial charge in [0.15, 0.2) is 5.78 Å². The summed E-state index contributed by atoms with van der Waals surface area (Å²) in [4.78, 5) is 34.3. The van der Waals surface area contributed by atoms with Crippen molar-refractivity contribution in [2.45, 2.75) is 25.7 Å². The molecule has 0 aliphatic heterocycles. The van der Waals surface area contributed by atoms with Crippen LogP contribution >= 0.6 is 22.9 Å². The van der Waals surface area contributed by atoms with Crippen LogP contribution in [0.3, 0.4) is 0 Å². The first-order chi connectivity index (χ1) is 14.5. The van der Waals surface area contributed by atoms with Crippen LogP contribution in [0.5, 0.6) is 0 Å². The molecule has 0 saturated heterocycles. The van der Waals surface area contributed by atoms with Crippen molar-refractivity contribution in [1.29, 1.82) is 0 Å². The van der Waals surface area contributed by atoms with Gasteiger partial charge in [-0.25, -0.2) is 4.98 Å². The number of ketones is 1. The fraction of sp³-hybridized carbons (Fsp3) is 0.174. The quantitative estimate of drug-likeness (QED) is 0.451. The summed E-state index contributed by atoms with van der Waals surface area (Å²) in [5.74, 6) is 0.712. The molecular weight excluding hydrogens is 420 g/mol. The van der Waals surface area contributed by atoms with E-state index in [-0.39, 0.29) is 17.3 Å². The van der Waals surface area contributed by atoms with Crippen molar-refractivity contribution in [1.82, 2.24) is 9.97 Å². The van der Waals surface area contributed by atoms with Gasteiger partial charge in [-0.05, 0) is 43.7 Å². The Labute approximate surface area is 181 Å². The Bertz CT molecular complexity index is 1300. The number of aromatic amines is 1. The highest BCUT2D eigenvalue weighted by molar-refractivity contribution is 7.15. The monoisotopic (exact) mass is 436 g/mol. The molecule has 30 heavy (non-hydrogen) atoms. The van der Waals surface area contributed by atoms with E-state index in [1.54, 1.807) is 12.3 Å². The maximum atomic E-state index is 12.9. The fourth-order valence-corrected chi connectivity index (χ4v) is 4.98. The van der Waals surface area contributed by atoms with Crippen LogP contribution in [0.2, 0.25) is 5.02 Å². The lowest BCUT2D eigenvalue weighted by atomic mass is 9.84. The molecule has 3 aromatic heterocycles. The van der Waals surface area contributed by atoms with Gasteiger partial charge >= 0.3 is 0 Å². The number of carbonyl (C=O) groups excluding carboxylic acids is 1. The largest absolute Gasteiger partial charge is 0.469 e. The highest BCUT2D eigenvalue weighted by atomic mass is 35.5. The van der Waals surface area contributed by atoms with Crippen LogP contribution in [0.15, 0.2) is 57.9 Å². The van der Waals surface area contributed by atoms with Crippen LogP contribution in [0.1, 0.15) is 39.0 Å². The minimum atomic E-state index is -0.238. The SMILES string of the molecule is Cc1sc(-c2cc3c([nH]c2=O)CC(c2ccco2)CC3=O)nc1-c1ccc(Cl)cc1. The first-order valence-corrected chi connectivity index (χ1v) is 10.8. The molecule has 1 atom stereocenters. The minimum Gasteiger partial charge on any atom is -0.469 e. The summed E-state index contributed by atoms with van der Waals surface area (Å²) in [5, 5.41) is 1.26. The maximum absolute atomic E-state index is 12.9. The lowest BCUT2D eigenvalue weighted by Crippen LogP contribution is -2.24. The van der Waals surface area contributed by atoms with Gasteiger partial charge in [-0.2, -0.15) is 0 Å². The minimum absolute atomic E-state index is 0.00125. The van der Waals surface area contributed by atoms with E-state index < -0.39 is 0 Å². The van der Waals surface area contributed by atoms with Crippen LogP contribution < -0.4 is 5.56 Å². The number of nitrogens with one attached hydrogen (secondary N) is 1. The standard InChI is InChI=1S/C23H17ClN2O3S/c1-12-21(13-4-6-15(24)7-5-13)26-23(30-12)17-11-16-18(25-22(17)28)9-14(10-19(16)27)20-3-2-8-29-20/h2-8,11,14H,9-10H2,1H3,(H,25,28). The number of pyridine rings is 1. The van der Waals surface area contributed by atoms with Crippen LogP contribution in [-0.4, -0.2) is 15.8 Å². The smallest absolute Gasteiger partial charge is 0.258 e. The third-order valence-corrected chi connectivity index (χ3v) is 6.65. The second-order valence-electron chi connectivity index (χ2n) is 7.38. The number of benzene rings is 1. The molecule has 150 valence electrons. The fourth-order valence-electron chi connectivity index (χ4n) is 3.90. The molecule has 0 saturated carbocycles. The van der Waals surface area contributed by atoms with Crippen LogP contribution in [0.4, 0.5) is 0 Å². The normalized spacial score (nSPS) is 15.9.